The number of nitrogens with one attached hydrogen (secondary N) is 1. The third-order valence-electron chi connectivity index (χ3n) is 5.68. The number of aromatic nitrogens is 2. The molecule has 27 heavy (non-hydrogen) atoms. The zero-order valence-electron chi connectivity index (χ0n) is 16.1. The maximum Gasteiger partial charge on any atom is 0.222 e. The number of ether oxygens (including phenoxy) is 2. The van der Waals surface area contributed by atoms with Crippen molar-refractivity contribution in [2.75, 3.05) is 38.7 Å². The molecule has 2 aliphatic rings. The van der Waals surface area contributed by atoms with Gasteiger partial charge in [0.2, 0.25) is 5.95 Å². The number of rotatable bonds is 7. The molecule has 0 saturated carbocycles. The molecule has 1 spiro atoms. The van der Waals surface area contributed by atoms with Crippen LogP contribution in [0.15, 0.2) is 36.7 Å². The molecule has 3 heterocycles. The lowest BCUT2D eigenvalue weighted by Gasteiger charge is -2.50. The monoisotopic (exact) mass is 368 g/mol. The van der Waals surface area contributed by atoms with E-state index < -0.39 is 0 Å². The van der Waals surface area contributed by atoms with E-state index >= 15 is 0 Å². The molecular weight excluding hydrogens is 340 g/mol. The molecule has 0 aliphatic carbocycles. The summed E-state index contributed by atoms with van der Waals surface area (Å²) < 4.78 is 11.5. The number of hydrogen-bond donors (Lipinski definition) is 1. The van der Waals surface area contributed by atoms with E-state index in [1.165, 1.54) is 5.56 Å². The van der Waals surface area contributed by atoms with Crippen LogP contribution in [-0.2, 0) is 11.3 Å². The summed E-state index contributed by atoms with van der Waals surface area (Å²) in [5.41, 5.74) is 2.40. The Labute approximate surface area is 160 Å². The summed E-state index contributed by atoms with van der Waals surface area (Å²) in [6, 6.07) is 8.31. The van der Waals surface area contributed by atoms with Gasteiger partial charge >= 0.3 is 0 Å². The van der Waals surface area contributed by atoms with Crippen molar-refractivity contribution >= 4 is 5.95 Å². The first-order valence-electron chi connectivity index (χ1n) is 9.69. The molecule has 1 aromatic heterocycles. The molecular formula is C21H28N4O2. The fraction of sp³-hybridized carbons (Fsp3) is 0.524. The van der Waals surface area contributed by atoms with E-state index in [-0.39, 0.29) is 5.60 Å². The molecule has 0 radical (unpaired) electrons. The van der Waals surface area contributed by atoms with Crippen LogP contribution in [0.3, 0.4) is 0 Å². The van der Waals surface area contributed by atoms with Crippen LogP contribution < -0.4 is 10.1 Å². The van der Waals surface area contributed by atoms with Gasteiger partial charge in [-0.1, -0.05) is 12.1 Å². The minimum Gasteiger partial charge on any atom is -0.497 e. The molecule has 2 aliphatic heterocycles. The Morgan fingerprint density at radius 3 is 2.89 bits per heavy atom. The Balaban J connectivity index is 1.27. The van der Waals surface area contributed by atoms with Crippen molar-refractivity contribution in [3.8, 4) is 5.75 Å². The van der Waals surface area contributed by atoms with E-state index in [0.717, 1.165) is 56.9 Å². The summed E-state index contributed by atoms with van der Waals surface area (Å²) >= 11 is 0. The first-order chi connectivity index (χ1) is 13.2. The number of benzene rings is 1. The summed E-state index contributed by atoms with van der Waals surface area (Å²) in [6.07, 6.45) is 5.92. The molecule has 1 atom stereocenters. The van der Waals surface area contributed by atoms with Crippen LogP contribution in [0.2, 0.25) is 0 Å². The molecule has 1 aromatic carbocycles. The molecule has 4 rings (SSSR count). The average Bonchev–Trinajstić information content (AvgIpc) is 3.07. The van der Waals surface area contributed by atoms with E-state index in [9.17, 15) is 0 Å². The highest BCUT2D eigenvalue weighted by atomic mass is 16.5. The number of hydrogen-bond acceptors (Lipinski definition) is 6. The summed E-state index contributed by atoms with van der Waals surface area (Å²) in [7, 11) is 1.71. The van der Waals surface area contributed by atoms with Gasteiger partial charge in [0.1, 0.15) is 5.75 Å². The molecule has 2 aromatic rings. The van der Waals surface area contributed by atoms with Gasteiger partial charge in [0.05, 0.1) is 12.7 Å². The van der Waals surface area contributed by atoms with Crippen molar-refractivity contribution in [3.63, 3.8) is 0 Å². The highest BCUT2D eigenvalue weighted by Gasteiger charge is 2.52. The van der Waals surface area contributed by atoms with Crippen LogP contribution in [0.1, 0.15) is 24.0 Å². The van der Waals surface area contributed by atoms with Crippen LogP contribution in [0.25, 0.3) is 0 Å². The minimum atomic E-state index is 0.0364. The van der Waals surface area contributed by atoms with Crippen LogP contribution in [0, 0.1) is 12.8 Å². The van der Waals surface area contributed by atoms with Gasteiger partial charge in [0.15, 0.2) is 0 Å². The van der Waals surface area contributed by atoms with Gasteiger partial charge < -0.3 is 14.8 Å². The number of nitrogens with zero attached hydrogens (tertiary/aromatic N) is 3. The van der Waals surface area contributed by atoms with Crippen LogP contribution in [-0.4, -0.2) is 53.8 Å². The highest BCUT2D eigenvalue weighted by molar-refractivity contribution is 5.29. The summed E-state index contributed by atoms with van der Waals surface area (Å²) in [6.45, 7) is 6.72. The molecule has 0 bridgehead atoms. The smallest absolute Gasteiger partial charge is 0.222 e. The van der Waals surface area contributed by atoms with E-state index in [1.54, 1.807) is 7.11 Å². The Kier molecular flexibility index (Phi) is 5.27. The van der Waals surface area contributed by atoms with E-state index in [2.05, 4.69) is 38.4 Å². The summed E-state index contributed by atoms with van der Waals surface area (Å²) in [5.74, 6) is 2.22. The average molecular weight is 368 g/mol. The predicted octanol–water partition coefficient (Wildman–Crippen LogP) is 2.89. The second-order valence-electron chi connectivity index (χ2n) is 7.69. The Bertz CT molecular complexity index is 759. The SMILES string of the molecule is COc1cccc(CN2CC3(C2)OCC[C@H]3CCNc2ncc(C)cn2)c1. The molecule has 0 unspecified atom stereocenters. The topological polar surface area (TPSA) is 59.5 Å². The van der Waals surface area contributed by atoms with E-state index in [4.69, 9.17) is 9.47 Å². The second-order valence-corrected chi connectivity index (χ2v) is 7.69. The molecule has 1 N–H and O–H groups in total. The van der Waals surface area contributed by atoms with E-state index in [0.29, 0.717) is 11.9 Å². The van der Waals surface area contributed by atoms with Gasteiger partial charge in [-0.2, -0.15) is 0 Å². The molecule has 2 fully saturated rings. The predicted molar refractivity (Wildman–Crippen MR) is 105 cm³/mol. The van der Waals surface area contributed by atoms with Gasteiger partial charge in [-0.25, -0.2) is 9.97 Å². The zero-order valence-corrected chi connectivity index (χ0v) is 16.1. The Morgan fingerprint density at radius 2 is 2.11 bits per heavy atom. The fourth-order valence-corrected chi connectivity index (χ4v) is 4.24. The van der Waals surface area contributed by atoms with Gasteiger partial charge in [0, 0.05) is 45.2 Å². The van der Waals surface area contributed by atoms with Crippen molar-refractivity contribution < 1.29 is 9.47 Å². The van der Waals surface area contributed by atoms with Crippen LogP contribution in [0.5, 0.6) is 5.75 Å². The minimum absolute atomic E-state index is 0.0364. The fourth-order valence-electron chi connectivity index (χ4n) is 4.24. The number of aryl methyl sites for hydroxylation is 1. The Morgan fingerprint density at radius 1 is 1.30 bits per heavy atom. The third-order valence-corrected chi connectivity index (χ3v) is 5.68. The second kappa shape index (κ2) is 7.82. The highest BCUT2D eigenvalue weighted by Crippen LogP contribution is 2.42. The molecule has 0 amide bonds. The van der Waals surface area contributed by atoms with Gasteiger partial charge in [-0.3, -0.25) is 4.90 Å². The van der Waals surface area contributed by atoms with Gasteiger partial charge in [-0.15, -0.1) is 0 Å². The summed E-state index contributed by atoms with van der Waals surface area (Å²) in [5, 5.41) is 3.34. The van der Waals surface area contributed by atoms with Crippen LogP contribution in [0.4, 0.5) is 5.95 Å². The third kappa shape index (κ3) is 4.06. The van der Waals surface area contributed by atoms with Crippen molar-refractivity contribution in [1.29, 1.82) is 0 Å². The largest absolute Gasteiger partial charge is 0.497 e. The molecule has 6 nitrogen and oxygen atoms in total. The quantitative estimate of drug-likeness (QED) is 0.811. The Hall–Kier alpha value is -2.18. The van der Waals surface area contributed by atoms with Gasteiger partial charge in [-0.05, 0) is 48.9 Å². The molecule has 6 heteroatoms. The van der Waals surface area contributed by atoms with Gasteiger partial charge in [0.25, 0.3) is 0 Å². The number of anilines is 1. The van der Waals surface area contributed by atoms with Crippen molar-refractivity contribution in [3.05, 3.63) is 47.8 Å². The van der Waals surface area contributed by atoms with Crippen molar-refractivity contribution in [2.24, 2.45) is 5.92 Å². The molecule has 144 valence electrons. The van der Waals surface area contributed by atoms with Crippen LogP contribution >= 0.6 is 0 Å². The standard InChI is InChI=1S/C21H28N4O2/c1-16-11-23-20(24-12-16)22-8-6-18-7-9-27-21(18)14-25(15-21)13-17-4-3-5-19(10-17)26-2/h3-5,10-12,18H,6-9,13-15H2,1-2H3,(H,22,23,24)/t18-/m1/s1. The first-order valence-corrected chi connectivity index (χ1v) is 9.69. The number of methoxy groups -OCH3 is 1. The number of likely N-dealkylation sites (tertiary alicyclic amines) is 1. The normalized spacial score (nSPS) is 21.2. The lowest BCUT2D eigenvalue weighted by atomic mass is 9.78. The maximum atomic E-state index is 6.19. The zero-order chi connectivity index (χ0) is 18.7. The van der Waals surface area contributed by atoms with E-state index in [1.807, 2.05) is 25.4 Å². The maximum absolute atomic E-state index is 6.19. The van der Waals surface area contributed by atoms with Crippen molar-refractivity contribution in [2.45, 2.75) is 31.9 Å². The first kappa shape index (κ1) is 18.2. The summed E-state index contributed by atoms with van der Waals surface area (Å²) in [4.78, 5) is 11.1. The lowest BCUT2D eigenvalue weighted by molar-refractivity contribution is -0.136. The lowest BCUT2D eigenvalue weighted by Crippen LogP contribution is -2.64. The molecule has 2 saturated heterocycles. The van der Waals surface area contributed by atoms with Crippen molar-refractivity contribution in [1.82, 2.24) is 14.9 Å².